The highest BCUT2D eigenvalue weighted by Gasteiger charge is 2.13. The topological polar surface area (TPSA) is 98.0 Å². The van der Waals surface area contributed by atoms with Crippen molar-refractivity contribution in [2.45, 2.75) is 6.42 Å². The monoisotopic (exact) mass is 396 g/mol. The first-order valence-electron chi connectivity index (χ1n) is 9.59. The minimum atomic E-state index is -0.465. The maximum atomic E-state index is 13.0. The maximum Gasteiger partial charge on any atom is 0.252 e. The Morgan fingerprint density at radius 2 is 1.73 bits per heavy atom. The Bertz CT molecular complexity index is 1220. The van der Waals surface area contributed by atoms with Crippen LogP contribution in [0.1, 0.15) is 26.3 Å². The number of rotatable bonds is 6. The van der Waals surface area contributed by atoms with E-state index in [1.165, 1.54) is 0 Å². The van der Waals surface area contributed by atoms with E-state index < -0.39 is 5.91 Å². The van der Waals surface area contributed by atoms with Crippen LogP contribution in [0.5, 0.6) is 0 Å². The summed E-state index contributed by atoms with van der Waals surface area (Å²) in [5, 5.41) is 3.77. The van der Waals surface area contributed by atoms with Crippen molar-refractivity contribution in [1.29, 1.82) is 0 Å². The molecule has 0 fully saturated rings. The number of benzene rings is 2. The second-order valence-electron chi connectivity index (χ2n) is 6.88. The summed E-state index contributed by atoms with van der Waals surface area (Å²) in [5.41, 5.74) is 9.66. The number of para-hydroxylation sites is 1. The average molecular weight is 396 g/mol. The third-order valence-corrected chi connectivity index (χ3v) is 4.85. The summed E-state index contributed by atoms with van der Waals surface area (Å²) < 4.78 is 0. The number of nitrogens with zero attached hydrogens (tertiary/aromatic N) is 2. The van der Waals surface area contributed by atoms with Crippen molar-refractivity contribution in [1.82, 2.24) is 15.3 Å². The van der Waals surface area contributed by atoms with Crippen LogP contribution in [0.2, 0.25) is 0 Å². The first kappa shape index (κ1) is 19.3. The Morgan fingerprint density at radius 1 is 0.933 bits per heavy atom. The predicted molar refractivity (Wildman–Crippen MR) is 116 cm³/mol. The molecule has 0 bridgehead atoms. The van der Waals surface area contributed by atoms with E-state index in [9.17, 15) is 9.59 Å². The van der Waals surface area contributed by atoms with Gasteiger partial charge in [-0.15, -0.1) is 0 Å². The van der Waals surface area contributed by atoms with Crippen LogP contribution >= 0.6 is 0 Å². The zero-order valence-electron chi connectivity index (χ0n) is 16.2. The molecule has 0 saturated carbocycles. The summed E-state index contributed by atoms with van der Waals surface area (Å²) in [6.07, 6.45) is 3.99. The molecule has 0 unspecified atom stereocenters. The van der Waals surface area contributed by atoms with Gasteiger partial charge < -0.3 is 11.1 Å². The number of aromatic nitrogens is 2. The van der Waals surface area contributed by atoms with Crippen molar-refractivity contribution < 1.29 is 9.59 Å². The van der Waals surface area contributed by atoms with Crippen LogP contribution in [-0.4, -0.2) is 28.3 Å². The molecule has 0 atom stereocenters. The molecule has 6 heteroatoms. The van der Waals surface area contributed by atoms with Gasteiger partial charge in [0.05, 0.1) is 16.8 Å². The minimum absolute atomic E-state index is 0.171. The van der Waals surface area contributed by atoms with Gasteiger partial charge in [-0.05, 0) is 48.4 Å². The average Bonchev–Trinajstić information content (AvgIpc) is 2.79. The summed E-state index contributed by atoms with van der Waals surface area (Å²) in [4.78, 5) is 33.1. The Hall–Kier alpha value is -4.06. The molecule has 3 N–H and O–H groups in total. The van der Waals surface area contributed by atoms with Gasteiger partial charge in [-0.1, -0.05) is 30.3 Å². The Kier molecular flexibility index (Phi) is 5.48. The van der Waals surface area contributed by atoms with Crippen LogP contribution in [0.15, 0.2) is 79.1 Å². The molecule has 0 aliphatic heterocycles. The van der Waals surface area contributed by atoms with Crippen molar-refractivity contribution in [3.8, 4) is 11.3 Å². The first-order valence-corrected chi connectivity index (χ1v) is 9.59. The van der Waals surface area contributed by atoms with E-state index in [0.29, 0.717) is 24.1 Å². The number of nitrogens with two attached hydrogens (primary N) is 1. The fraction of sp³-hybridized carbons (Fsp3) is 0.0833. The quantitative estimate of drug-likeness (QED) is 0.522. The second kappa shape index (κ2) is 8.53. The molecular formula is C24H20N4O2. The third kappa shape index (κ3) is 4.17. The van der Waals surface area contributed by atoms with Gasteiger partial charge in [-0.2, -0.15) is 0 Å². The van der Waals surface area contributed by atoms with Crippen LogP contribution in [0, 0.1) is 0 Å². The van der Waals surface area contributed by atoms with Crippen LogP contribution in [0.4, 0.5) is 0 Å². The maximum absolute atomic E-state index is 13.0. The molecule has 30 heavy (non-hydrogen) atoms. The largest absolute Gasteiger partial charge is 0.366 e. The molecular weight excluding hydrogens is 376 g/mol. The number of carbonyl (C=O) groups is 2. The summed E-state index contributed by atoms with van der Waals surface area (Å²) in [7, 11) is 0. The van der Waals surface area contributed by atoms with Crippen LogP contribution in [0.25, 0.3) is 22.2 Å². The number of hydrogen-bond donors (Lipinski definition) is 2. The van der Waals surface area contributed by atoms with Crippen molar-refractivity contribution in [2.75, 3.05) is 6.54 Å². The van der Waals surface area contributed by atoms with Gasteiger partial charge in [0.2, 0.25) is 5.91 Å². The lowest BCUT2D eigenvalue weighted by atomic mass is 10.0. The number of hydrogen-bond acceptors (Lipinski definition) is 4. The van der Waals surface area contributed by atoms with Crippen LogP contribution in [0.3, 0.4) is 0 Å². The van der Waals surface area contributed by atoms with E-state index >= 15 is 0 Å². The van der Waals surface area contributed by atoms with Gasteiger partial charge in [0, 0.05) is 35.5 Å². The predicted octanol–water partition coefficient (Wildman–Crippen LogP) is 3.37. The molecule has 2 aromatic heterocycles. The lowest BCUT2D eigenvalue weighted by molar-refractivity contribution is 0.0954. The molecule has 4 aromatic rings. The van der Waals surface area contributed by atoms with Gasteiger partial charge in [0.25, 0.3) is 5.91 Å². The zero-order chi connectivity index (χ0) is 20.9. The number of amides is 2. The molecule has 2 heterocycles. The van der Waals surface area contributed by atoms with Crippen molar-refractivity contribution in [3.05, 3.63) is 95.8 Å². The van der Waals surface area contributed by atoms with E-state index in [2.05, 4.69) is 10.3 Å². The molecule has 0 saturated heterocycles. The Morgan fingerprint density at radius 3 is 2.53 bits per heavy atom. The van der Waals surface area contributed by atoms with Gasteiger partial charge in [-0.25, -0.2) is 4.98 Å². The molecule has 0 aliphatic carbocycles. The minimum Gasteiger partial charge on any atom is -0.366 e. The number of primary amides is 1. The molecule has 2 amide bonds. The second-order valence-corrected chi connectivity index (χ2v) is 6.88. The van der Waals surface area contributed by atoms with Crippen molar-refractivity contribution in [3.63, 3.8) is 0 Å². The summed E-state index contributed by atoms with van der Waals surface area (Å²) in [5.74, 6) is -0.636. The Balaban J connectivity index is 1.57. The highest BCUT2D eigenvalue weighted by molar-refractivity contribution is 6.07. The smallest absolute Gasteiger partial charge is 0.252 e. The van der Waals surface area contributed by atoms with E-state index in [1.54, 1.807) is 36.7 Å². The lowest BCUT2D eigenvalue weighted by Gasteiger charge is -2.11. The fourth-order valence-corrected chi connectivity index (χ4v) is 3.33. The number of pyridine rings is 2. The van der Waals surface area contributed by atoms with Gasteiger partial charge in [0.15, 0.2) is 0 Å². The molecule has 6 nitrogen and oxygen atoms in total. The van der Waals surface area contributed by atoms with Gasteiger partial charge >= 0.3 is 0 Å². The van der Waals surface area contributed by atoms with Gasteiger partial charge in [0.1, 0.15) is 0 Å². The van der Waals surface area contributed by atoms with E-state index in [0.717, 1.165) is 27.7 Å². The van der Waals surface area contributed by atoms with E-state index in [4.69, 9.17) is 10.7 Å². The van der Waals surface area contributed by atoms with Crippen LogP contribution < -0.4 is 11.1 Å². The zero-order valence-corrected chi connectivity index (χ0v) is 16.2. The first-order chi connectivity index (χ1) is 14.6. The third-order valence-electron chi connectivity index (χ3n) is 4.85. The lowest BCUT2D eigenvalue weighted by Crippen LogP contribution is -2.26. The number of nitrogens with one attached hydrogen (secondary N) is 1. The standard InChI is InChI=1S/C24H20N4O2/c25-23(29)18-5-3-4-16(14-18)8-13-27-24(30)20-15-22(17-9-11-26-12-10-17)28-21-7-2-1-6-19(20)21/h1-7,9-12,14-15H,8,13H2,(H2,25,29)(H,27,30). The summed E-state index contributed by atoms with van der Waals surface area (Å²) >= 11 is 0. The fourth-order valence-electron chi connectivity index (χ4n) is 3.33. The highest BCUT2D eigenvalue weighted by Crippen LogP contribution is 2.24. The van der Waals surface area contributed by atoms with E-state index in [1.807, 2.05) is 42.5 Å². The molecule has 0 radical (unpaired) electrons. The number of carbonyl (C=O) groups excluding carboxylic acids is 2. The SMILES string of the molecule is NC(=O)c1cccc(CCNC(=O)c2cc(-c3ccncc3)nc3ccccc23)c1. The normalized spacial score (nSPS) is 10.7. The highest BCUT2D eigenvalue weighted by atomic mass is 16.2. The molecule has 2 aromatic carbocycles. The molecule has 0 aliphatic rings. The van der Waals surface area contributed by atoms with Crippen LogP contribution in [-0.2, 0) is 6.42 Å². The summed E-state index contributed by atoms with van der Waals surface area (Å²) in [6.45, 7) is 0.433. The molecule has 148 valence electrons. The van der Waals surface area contributed by atoms with Crippen molar-refractivity contribution in [2.24, 2.45) is 5.73 Å². The molecule has 0 spiro atoms. The Labute approximate surface area is 173 Å². The number of fused-ring (bicyclic) bond motifs is 1. The van der Waals surface area contributed by atoms with E-state index in [-0.39, 0.29) is 5.91 Å². The van der Waals surface area contributed by atoms with Crippen molar-refractivity contribution >= 4 is 22.7 Å². The summed E-state index contributed by atoms with van der Waals surface area (Å²) in [6, 6.07) is 20.2. The van der Waals surface area contributed by atoms with Gasteiger partial charge in [-0.3, -0.25) is 14.6 Å². The molecule has 4 rings (SSSR count).